The summed E-state index contributed by atoms with van der Waals surface area (Å²) in [7, 11) is 0. The maximum atomic E-state index is 12.6. The van der Waals surface area contributed by atoms with E-state index < -0.39 is 6.04 Å². The second kappa shape index (κ2) is 6.65. The van der Waals surface area contributed by atoms with Crippen molar-refractivity contribution in [2.24, 2.45) is 0 Å². The van der Waals surface area contributed by atoms with Crippen LogP contribution in [0.3, 0.4) is 0 Å². The number of carbonyl (C=O) groups excluding carboxylic acids is 2. The standard InChI is InChI=1S/C17H19ClN4O2/c1-3-22-15(9-11(2)20-22)16(23)19-14-7-8-21(17(14)24)13-6-4-5-12(18)10-13/h4-6,9-10,14H,3,7-8H2,1-2H3,(H,19,23)/t14-/m1/s1. The van der Waals surface area contributed by atoms with E-state index in [1.165, 1.54) is 0 Å². The number of carbonyl (C=O) groups is 2. The van der Waals surface area contributed by atoms with E-state index in [-0.39, 0.29) is 11.8 Å². The van der Waals surface area contributed by atoms with E-state index >= 15 is 0 Å². The second-order valence-corrected chi connectivity index (χ2v) is 6.21. The Kier molecular flexibility index (Phi) is 4.57. The van der Waals surface area contributed by atoms with Gasteiger partial charge in [-0.3, -0.25) is 14.3 Å². The minimum Gasteiger partial charge on any atom is -0.339 e. The number of aryl methyl sites for hydroxylation is 2. The molecule has 0 bridgehead atoms. The molecule has 1 aromatic heterocycles. The third kappa shape index (κ3) is 3.14. The summed E-state index contributed by atoms with van der Waals surface area (Å²) >= 11 is 5.99. The molecule has 0 spiro atoms. The van der Waals surface area contributed by atoms with Gasteiger partial charge in [0.05, 0.1) is 5.69 Å². The van der Waals surface area contributed by atoms with Crippen molar-refractivity contribution in [2.45, 2.75) is 32.9 Å². The summed E-state index contributed by atoms with van der Waals surface area (Å²) in [5.41, 5.74) is 2.00. The molecule has 1 aliphatic rings. The zero-order valence-electron chi connectivity index (χ0n) is 13.6. The van der Waals surface area contributed by atoms with E-state index in [0.29, 0.717) is 30.2 Å². The first kappa shape index (κ1) is 16.5. The van der Waals surface area contributed by atoms with Crippen LogP contribution in [0.15, 0.2) is 30.3 Å². The van der Waals surface area contributed by atoms with E-state index in [1.54, 1.807) is 33.8 Å². The molecule has 6 nitrogen and oxygen atoms in total. The molecule has 2 aromatic rings. The lowest BCUT2D eigenvalue weighted by Gasteiger charge is -2.17. The van der Waals surface area contributed by atoms with Crippen molar-refractivity contribution in [1.82, 2.24) is 15.1 Å². The van der Waals surface area contributed by atoms with Gasteiger partial charge in [0.25, 0.3) is 5.91 Å². The van der Waals surface area contributed by atoms with Crippen molar-refractivity contribution >= 4 is 29.1 Å². The highest BCUT2D eigenvalue weighted by atomic mass is 35.5. The number of hydrogen-bond donors (Lipinski definition) is 1. The molecule has 7 heteroatoms. The van der Waals surface area contributed by atoms with E-state index in [0.717, 1.165) is 11.4 Å². The molecular weight excluding hydrogens is 328 g/mol. The van der Waals surface area contributed by atoms with Crippen molar-refractivity contribution in [3.05, 3.63) is 46.7 Å². The molecule has 2 amide bonds. The van der Waals surface area contributed by atoms with Crippen molar-refractivity contribution in [3.8, 4) is 0 Å². The molecule has 1 saturated heterocycles. The zero-order valence-corrected chi connectivity index (χ0v) is 14.4. The second-order valence-electron chi connectivity index (χ2n) is 5.77. The van der Waals surface area contributed by atoms with Crippen LogP contribution >= 0.6 is 11.6 Å². The average Bonchev–Trinajstić information content (AvgIpc) is 3.11. The Balaban J connectivity index is 1.73. The zero-order chi connectivity index (χ0) is 17.3. The number of hydrogen-bond acceptors (Lipinski definition) is 3. The molecule has 0 aliphatic carbocycles. The van der Waals surface area contributed by atoms with Crippen LogP contribution in [0.5, 0.6) is 0 Å². The fourth-order valence-corrected chi connectivity index (χ4v) is 3.10. The SMILES string of the molecule is CCn1nc(C)cc1C(=O)N[C@@H]1CCN(c2cccc(Cl)c2)C1=O. The normalized spacial score (nSPS) is 17.4. The van der Waals surface area contributed by atoms with Crippen molar-refractivity contribution < 1.29 is 9.59 Å². The first-order valence-corrected chi connectivity index (χ1v) is 8.29. The Hall–Kier alpha value is -2.34. The summed E-state index contributed by atoms with van der Waals surface area (Å²) in [6.07, 6.45) is 0.566. The van der Waals surface area contributed by atoms with E-state index in [4.69, 9.17) is 11.6 Å². The third-order valence-electron chi connectivity index (χ3n) is 4.07. The number of nitrogens with zero attached hydrogens (tertiary/aromatic N) is 3. The van der Waals surface area contributed by atoms with Crippen molar-refractivity contribution in [3.63, 3.8) is 0 Å². The average molecular weight is 347 g/mol. The van der Waals surface area contributed by atoms with Gasteiger partial charge in [0.1, 0.15) is 11.7 Å². The smallest absolute Gasteiger partial charge is 0.270 e. The number of amides is 2. The highest BCUT2D eigenvalue weighted by Gasteiger charge is 2.34. The lowest BCUT2D eigenvalue weighted by atomic mass is 10.2. The van der Waals surface area contributed by atoms with Gasteiger partial charge >= 0.3 is 0 Å². The molecule has 0 saturated carbocycles. The number of nitrogens with one attached hydrogen (secondary N) is 1. The van der Waals surface area contributed by atoms with E-state index in [1.807, 2.05) is 19.9 Å². The lowest BCUT2D eigenvalue weighted by Crippen LogP contribution is -2.42. The Morgan fingerprint density at radius 1 is 1.42 bits per heavy atom. The number of benzene rings is 1. The predicted octanol–water partition coefficient (Wildman–Crippen LogP) is 2.40. The monoisotopic (exact) mass is 346 g/mol. The number of aromatic nitrogens is 2. The number of rotatable bonds is 4. The van der Waals surface area contributed by atoms with Crippen molar-refractivity contribution in [2.75, 3.05) is 11.4 Å². The van der Waals surface area contributed by atoms with Gasteiger partial charge in [-0.15, -0.1) is 0 Å². The lowest BCUT2D eigenvalue weighted by molar-refractivity contribution is -0.118. The van der Waals surface area contributed by atoms with Gasteiger partial charge in [-0.05, 0) is 44.5 Å². The first-order valence-electron chi connectivity index (χ1n) is 7.92. The Morgan fingerprint density at radius 2 is 2.21 bits per heavy atom. The molecule has 24 heavy (non-hydrogen) atoms. The Labute approximate surface area is 145 Å². The maximum absolute atomic E-state index is 12.6. The Morgan fingerprint density at radius 3 is 2.92 bits per heavy atom. The Bertz CT molecular complexity index is 787. The van der Waals surface area contributed by atoms with Gasteiger partial charge in [-0.25, -0.2) is 0 Å². The minimum absolute atomic E-state index is 0.120. The summed E-state index contributed by atoms with van der Waals surface area (Å²) in [5.74, 6) is -0.395. The third-order valence-corrected chi connectivity index (χ3v) is 4.30. The quantitative estimate of drug-likeness (QED) is 0.924. The predicted molar refractivity (Wildman–Crippen MR) is 92.3 cm³/mol. The largest absolute Gasteiger partial charge is 0.339 e. The fourth-order valence-electron chi connectivity index (χ4n) is 2.92. The van der Waals surface area contributed by atoms with Gasteiger partial charge in [-0.2, -0.15) is 5.10 Å². The first-order chi connectivity index (χ1) is 11.5. The summed E-state index contributed by atoms with van der Waals surface area (Å²) in [6.45, 7) is 4.91. The molecule has 0 radical (unpaired) electrons. The molecule has 1 fully saturated rings. The van der Waals surface area contributed by atoms with Gasteiger partial charge in [0.15, 0.2) is 0 Å². The van der Waals surface area contributed by atoms with Crippen LogP contribution in [0.2, 0.25) is 5.02 Å². The molecular formula is C17H19ClN4O2. The molecule has 126 valence electrons. The summed E-state index contributed by atoms with van der Waals surface area (Å²) < 4.78 is 1.64. The highest BCUT2D eigenvalue weighted by Crippen LogP contribution is 2.24. The van der Waals surface area contributed by atoms with Crippen LogP contribution in [-0.2, 0) is 11.3 Å². The maximum Gasteiger partial charge on any atom is 0.270 e. The van der Waals surface area contributed by atoms with Gasteiger partial charge in [-0.1, -0.05) is 17.7 Å². The van der Waals surface area contributed by atoms with E-state index in [2.05, 4.69) is 10.4 Å². The van der Waals surface area contributed by atoms with Gasteiger partial charge < -0.3 is 10.2 Å². The highest BCUT2D eigenvalue weighted by molar-refractivity contribution is 6.31. The summed E-state index contributed by atoms with van der Waals surface area (Å²) in [6, 6.07) is 8.35. The molecule has 1 aliphatic heterocycles. The molecule has 1 aromatic carbocycles. The van der Waals surface area contributed by atoms with Crippen LogP contribution in [0.4, 0.5) is 5.69 Å². The molecule has 1 N–H and O–H groups in total. The molecule has 1 atom stereocenters. The number of anilines is 1. The summed E-state index contributed by atoms with van der Waals surface area (Å²) in [4.78, 5) is 26.7. The van der Waals surface area contributed by atoms with Crippen molar-refractivity contribution in [1.29, 1.82) is 0 Å². The topological polar surface area (TPSA) is 67.2 Å². The van der Waals surface area contributed by atoms with E-state index in [9.17, 15) is 9.59 Å². The van der Waals surface area contributed by atoms with Crippen LogP contribution in [0.1, 0.15) is 29.5 Å². The molecule has 2 heterocycles. The van der Waals surface area contributed by atoms with Crippen LogP contribution in [0.25, 0.3) is 0 Å². The fraction of sp³-hybridized carbons (Fsp3) is 0.353. The van der Waals surface area contributed by atoms with Gasteiger partial charge in [0, 0.05) is 23.8 Å². The molecule has 0 unspecified atom stereocenters. The van der Waals surface area contributed by atoms with Crippen LogP contribution < -0.4 is 10.2 Å². The molecule has 3 rings (SSSR count). The van der Waals surface area contributed by atoms with Gasteiger partial charge in [0.2, 0.25) is 5.91 Å². The number of halogens is 1. The van der Waals surface area contributed by atoms with Crippen LogP contribution in [-0.4, -0.2) is 34.2 Å². The summed E-state index contributed by atoms with van der Waals surface area (Å²) in [5, 5.41) is 7.66. The van der Waals surface area contributed by atoms with Crippen LogP contribution in [0, 0.1) is 6.92 Å². The minimum atomic E-state index is -0.531.